The van der Waals surface area contributed by atoms with Gasteiger partial charge < -0.3 is 28.2 Å². The Bertz CT molecular complexity index is 7970. The van der Waals surface area contributed by atoms with E-state index in [9.17, 15) is 0 Å². The summed E-state index contributed by atoms with van der Waals surface area (Å²) >= 11 is 3.51. The molecule has 4 heterocycles. The topological polar surface area (TPSA) is 51.4 Å². The molecule has 580 valence electrons. The zero-order chi connectivity index (χ0) is 81.7. The number of benzene rings is 20. The smallest absolute Gasteiger partial charge is 0.136 e. The largest absolute Gasteiger partial charge is 0.456 e. The summed E-state index contributed by atoms with van der Waals surface area (Å²) in [6.45, 7) is 0. The van der Waals surface area contributed by atoms with E-state index in [4.69, 9.17) is 8.83 Å². The van der Waals surface area contributed by atoms with Crippen LogP contribution in [0.4, 0.5) is 28.4 Å². The number of anilines is 5. The van der Waals surface area contributed by atoms with Crippen LogP contribution in [0.1, 0.15) is 0 Å². The lowest BCUT2D eigenvalue weighted by Crippen LogP contribution is -2.09. The zero-order valence-corrected chi connectivity index (χ0v) is 68.5. The van der Waals surface area contributed by atoms with Crippen LogP contribution in [-0.2, 0) is 0 Å². The molecular formula is C116H77BrN4O2. The number of fused-ring (bicyclic) bond motifs is 14. The second-order valence-electron chi connectivity index (χ2n) is 31.3. The van der Waals surface area contributed by atoms with Gasteiger partial charge in [-0.05, 0) is 258 Å². The van der Waals surface area contributed by atoms with Crippen LogP contribution < -0.4 is 10.2 Å². The SMILES string of the molecule is Brc1ccc(-c2cccc(-n3c4ccccc4c4ccccc43)c2)cc1.c1cc(-c2ccc(N(c3ccc(-c4ccc5ccccc5c4)cc3)c3ccc(-c4ccc5c(c4)oc4ccccc45)cc3)cc2)cc(-n2c3ccccc3c3ccccc32)c1.c1ccc2cc(-c3ccc(Nc4ccc(-c5ccc6c(c5)oc5ccccc56)cc4)cc3)ccc2c1. The lowest BCUT2D eigenvalue weighted by Gasteiger charge is -2.26. The van der Waals surface area contributed by atoms with Gasteiger partial charge in [0.2, 0.25) is 0 Å². The van der Waals surface area contributed by atoms with Gasteiger partial charge in [-0.25, -0.2) is 0 Å². The second-order valence-corrected chi connectivity index (χ2v) is 32.3. The minimum absolute atomic E-state index is 0.900. The van der Waals surface area contributed by atoms with E-state index in [2.05, 4.69) is 466 Å². The highest BCUT2D eigenvalue weighted by molar-refractivity contribution is 9.10. The fraction of sp³-hybridized carbons (Fsp3) is 0. The van der Waals surface area contributed by atoms with Crippen molar-refractivity contribution in [3.05, 3.63) is 466 Å². The first-order valence-electron chi connectivity index (χ1n) is 41.7. The molecule has 0 radical (unpaired) electrons. The number of nitrogens with zero attached hydrogens (tertiary/aromatic N) is 3. The van der Waals surface area contributed by atoms with Crippen molar-refractivity contribution in [3.8, 4) is 78.1 Å². The monoisotopic (exact) mass is 1640 g/mol. The summed E-state index contributed by atoms with van der Waals surface area (Å²) in [5.41, 5.74) is 30.4. The van der Waals surface area contributed by atoms with Crippen LogP contribution in [-0.4, -0.2) is 9.13 Å². The quantitative estimate of drug-likeness (QED) is 0.125. The highest BCUT2D eigenvalue weighted by Crippen LogP contribution is 2.43. The van der Waals surface area contributed by atoms with E-state index < -0.39 is 0 Å². The van der Waals surface area contributed by atoms with Crippen molar-refractivity contribution in [2.24, 2.45) is 0 Å². The lowest BCUT2D eigenvalue weighted by molar-refractivity contribution is 0.668. The highest BCUT2D eigenvalue weighted by Gasteiger charge is 2.19. The maximum absolute atomic E-state index is 6.25. The lowest BCUT2D eigenvalue weighted by atomic mass is 10.0. The van der Waals surface area contributed by atoms with Gasteiger partial charge in [0, 0.05) is 87.4 Å². The summed E-state index contributed by atoms with van der Waals surface area (Å²) in [5, 5.41) is 18.2. The highest BCUT2D eigenvalue weighted by atomic mass is 79.9. The minimum Gasteiger partial charge on any atom is -0.456 e. The Morgan fingerprint density at radius 2 is 0.472 bits per heavy atom. The molecule has 24 rings (SSSR count). The Morgan fingerprint density at radius 3 is 0.846 bits per heavy atom. The predicted octanol–water partition coefficient (Wildman–Crippen LogP) is 33.3. The van der Waals surface area contributed by atoms with E-state index in [1.54, 1.807) is 0 Å². The van der Waals surface area contributed by atoms with Crippen molar-refractivity contribution >= 4 is 153 Å². The Labute approximate surface area is 720 Å². The molecule has 24 aromatic rings. The number of rotatable bonds is 13. The van der Waals surface area contributed by atoms with Crippen LogP contribution in [0.2, 0.25) is 0 Å². The normalized spacial score (nSPS) is 11.5. The number of para-hydroxylation sites is 6. The van der Waals surface area contributed by atoms with Crippen molar-refractivity contribution in [3.63, 3.8) is 0 Å². The first-order valence-corrected chi connectivity index (χ1v) is 42.5. The molecule has 0 aliphatic carbocycles. The van der Waals surface area contributed by atoms with Gasteiger partial charge in [0.05, 0.1) is 22.1 Å². The molecule has 123 heavy (non-hydrogen) atoms. The van der Waals surface area contributed by atoms with Gasteiger partial charge in [0.15, 0.2) is 0 Å². The molecule has 1 N–H and O–H groups in total. The molecule has 20 aromatic carbocycles. The van der Waals surface area contributed by atoms with Crippen molar-refractivity contribution in [2.75, 3.05) is 10.2 Å². The fourth-order valence-corrected chi connectivity index (χ4v) is 18.0. The van der Waals surface area contributed by atoms with E-state index in [-0.39, 0.29) is 0 Å². The van der Waals surface area contributed by atoms with Crippen LogP contribution >= 0.6 is 15.9 Å². The van der Waals surface area contributed by atoms with E-state index in [1.807, 2.05) is 30.3 Å². The summed E-state index contributed by atoms with van der Waals surface area (Å²) in [5.74, 6) is 0. The van der Waals surface area contributed by atoms with Crippen molar-refractivity contribution in [1.29, 1.82) is 0 Å². The first-order chi connectivity index (χ1) is 60.8. The Balaban J connectivity index is 0.000000122. The predicted molar refractivity (Wildman–Crippen MR) is 522 cm³/mol. The van der Waals surface area contributed by atoms with Crippen LogP contribution in [0.25, 0.3) is 187 Å². The number of aromatic nitrogens is 2. The molecule has 0 amide bonds. The second kappa shape index (κ2) is 31.8. The summed E-state index contributed by atoms with van der Waals surface area (Å²) in [4.78, 5) is 2.34. The maximum atomic E-state index is 6.25. The van der Waals surface area contributed by atoms with E-state index >= 15 is 0 Å². The van der Waals surface area contributed by atoms with Crippen LogP contribution in [0.15, 0.2) is 474 Å². The van der Waals surface area contributed by atoms with E-state index in [0.717, 1.165) is 110 Å². The molecule has 0 saturated carbocycles. The van der Waals surface area contributed by atoms with Crippen LogP contribution in [0, 0.1) is 0 Å². The number of hydrogen-bond donors (Lipinski definition) is 1. The van der Waals surface area contributed by atoms with Crippen molar-refractivity contribution < 1.29 is 8.83 Å². The molecule has 4 aromatic heterocycles. The van der Waals surface area contributed by atoms with Crippen molar-refractivity contribution in [2.45, 2.75) is 0 Å². The molecular weight excluding hydrogens is 1560 g/mol. The van der Waals surface area contributed by atoms with Gasteiger partial charge in [-0.2, -0.15) is 0 Å². The average molecular weight is 1640 g/mol. The van der Waals surface area contributed by atoms with E-state index in [0.29, 0.717) is 0 Å². The Kier molecular flexibility index (Phi) is 19.0. The van der Waals surface area contributed by atoms with Gasteiger partial charge in [0.25, 0.3) is 0 Å². The van der Waals surface area contributed by atoms with Gasteiger partial charge in [-0.1, -0.05) is 307 Å². The van der Waals surface area contributed by atoms with E-state index in [1.165, 1.54) is 110 Å². The third-order valence-electron chi connectivity index (χ3n) is 23.9. The third kappa shape index (κ3) is 14.3. The van der Waals surface area contributed by atoms with Crippen LogP contribution in [0.5, 0.6) is 0 Å². The molecule has 0 aliphatic rings. The Morgan fingerprint density at radius 1 is 0.195 bits per heavy atom. The number of halogens is 1. The number of furan rings is 2. The molecule has 0 spiro atoms. The summed E-state index contributed by atoms with van der Waals surface area (Å²) in [6.07, 6.45) is 0. The fourth-order valence-electron chi connectivity index (χ4n) is 17.8. The van der Waals surface area contributed by atoms with Gasteiger partial charge >= 0.3 is 0 Å². The number of hydrogen-bond acceptors (Lipinski definition) is 4. The van der Waals surface area contributed by atoms with Crippen LogP contribution in [0.3, 0.4) is 0 Å². The molecule has 0 bridgehead atoms. The van der Waals surface area contributed by atoms with Gasteiger partial charge in [-0.15, -0.1) is 0 Å². The first kappa shape index (κ1) is 73.6. The van der Waals surface area contributed by atoms with Gasteiger partial charge in [-0.3, -0.25) is 0 Å². The molecule has 0 fully saturated rings. The number of nitrogens with one attached hydrogen (secondary N) is 1. The van der Waals surface area contributed by atoms with Gasteiger partial charge in [0.1, 0.15) is 22.3 Å². The van der Waals surface area contributed by atoms with Crippen molar-refractivity contribution in [1.82, 2.24) is 9.13 Å². The molecule has 0 aliphatic heterocycles. The third-order valence-corrected chi connectivity index (χ3v) is 24.4. The molecule has 7 heteroatoms. The molecule has 0 atom stereocenters. The Hall–Kier alpha value is -15.8. The summed E-state index contributed by atoms with van der Waals surface area (Å²) < 4.78 is 18.1. The zero-order valence-electron chi connectivity index (χ0n) is 66.9. The molecule has 6 nitrogen and oxygen atoms in total. The summed E-state index contributed by atoms with van der Waals surface area (Å²) in [7, 11) is 0. The standard InChI is InChI=1S/C58H38N2O.C34H23NO.C24H16BrN/c1-2-11-43-36-45(21-20-39(43)10-1)41-24-31-48(32-25-41)59(49-33-26-42(27-34-49)46-28-35-54-53-16-5-8-19-57(53)61-58(54)38-46)47-29-22-40(23-30-47)44-12-9-13-50(37-44)60-55-17-6-3-14-51(55)52-15-4-7-18-56(52)60;1-2-6-26-21-27(10-9-23(26)5-1)24-11-16-29(17-12-24)35-30-18-13-25(14-19-30)28-15-20-32-31-7-3-4-8-33(31)36-34(32)22-28;25-19-14-12-17(13-15-19)18-6-5-7-20(16-18)26-23-10-3-1-8-21(23)22-9-2-4-11-24(22)26/h1-38H;1-22,35H;1-16H. The molecule has 0 saturated heterocycles. The maximum Gasteiger partial charge on any atom is 0.136 e. The minimum atomic E-state index is 0.900. The average Bonchev–Trinajstić information content (AvgIpc) is 1.61. The molecule has 0 unspecified atom stereocenters. The summed E-state index contributed by atoms with van der Waals surface area (Å²) in [6, 6.07) is 164.